The summed E-state index contributed by atoms with van der Waals surface area (Å²) in [4.78, 5) is 68.0. The van der Waals surface area contributed by atoms with Gasteiger partial charge in [0.2, 0.25) is 11.7 Å². The summed E-state index contributed by atoms with van der Waals surface area (Å²) >= 11 is 0. The monoisotopic (exact) mass is 686 g/mol. The number of nitrogens with one attached hydrogen (secondary N) is 4. The van der Waals surface area contributed by atoms with E-state index in [9.17, 15) is 32.4 Å². The number of amides is 4. The summed E-state index contributed by atoms with van der Waals surface area (Å²) in [5.41, 5.74) is -0.459. The number of fused-ring (bicyclic) bond motifs is 1. The number of Topliss-reactive ketones (excluding diaryl/α,β-unsaturated/α-hetero) is 2. The number of ketones is 2. The Morgan fingerprint density at radius 1 is 0.938 bits per heavy atom. The van der Waals surface area contributed by atoms with Crippen molar-refractivity contribution < 1.29 is 32.4 Å². The second-order valence-corrected chi connectivity index (χ2v) is 18.9. The van der Waals surface area contributed by atoms with Crippen LogP contribution in [-0.4, -0.2) is 61.3 Å². The normalized spacial score (nSPS) is 24.7. The van der Waals surface area contributed by atoms with E-state index in [1.807, 2.05) is 48.5 Å². The fourth-order valence-electron chi connectivity index (χ4n) is 7.49. The molecular weight excluding hydrogens is 632 g/mol. The van der Waals surface area contributed by atoms with Gasteiger partial charge < -0.3 is 21.3 Å². The maximum atomic E-state index is 14.3. The van der Waals surface area contributed by atoms with Crippen molar-refractivity contribution in [1.29, 1.82) is 0 Å². The van der Waals surface area contributed by atoms with Crippen LogP contribution in [-0.2, 0) is 29.0 Å². The SMILES string of the molecule is Cc1ccc(S(=O)(=O)CNC(=O)C(=O)C(CC2CCC2)NC(=O)[C@H]2C(C(=O)[C@@H](NC(=O)NC(C)(C)C)C(C)(C)C)CC3C2C3(C)C)cc1. The first-order chi connectivity index (χ1) is 22.0. The maximum Gasteiger partial charge on any atom is 0.315 e. The van der Waals surface area contributed by atoms with Crippen molar-refractivity contribution in [3.8, 4) is 0 Å². The first-order valence-electron chi connectivity index (χ1n) is 17.1. The molecule has 11 nitrogen and oxygen atoms in total. The molecule has 4 N–H and O–H groups in total. The molecule has 0 aliphatic heterocycles. The van der Waals surface area contributed by atoms with Crippen LogP contribution >= 0.6 is 0 Å². The Hall–Kier alpha value is -3.28. The molecule has 3 fully saturated rings. The lowest BCUT2D eigenvalue weighted by molar-refractivity contribution is -0.142. The summed E-state index contributed by atoms with van der Waals surface area (Å²) in [5, 5.41) is 10.8. The second kappa shape index (κ2) is 13.6. The molecule has 6 atom stereocenters. The van der Waals surface area contributed by atoms with Crippen molar-refractivity contribution in [1.82, 2.24) is 21.3 Å². The molecule has 3 saturated carbocycles. The average Bonchev–Trinajstić information content (AvgIpc) is 3.25. The third kappa shape index (κ3) is 8.47. The predicted molar refractivity (Wildman–Crippen MR) is 182 cm³/mol. The Morgan fingerprint density at radius 2 is 1.54 bits per heavy atom. The van der Waals surface area contributed by atoms with Crippen LogP contribution in [0.4, 0.5) is 4.79 Å². The van der Waals surface area contributed by atoms with Gasteiger partial charge in [-0.2, -0.15) is 0 Å². The van der Waals surface area contributed by atoms with E-state index in [1.165, 1.54) is 12.1 Å². The van der Waals surface area contributed by atoms with E-state index in [0.29, 0.717) is 6.42 Å². The minimum absolute atomic E-state index is 0.0256. The molecule has 3 aliphatic rings. The summed E-state index contributed by atoms with van der Waals surface area (Å²) in [6.07, 6.45) is 3.45. The Morgan fingerprint density at radius 3 is 2.06 bits per heavy atom. The average molecular weight is 687 g/mol. The van der Waals surface area contributed by atoms with Crippen molar-refractivity contribution in [3.63, 3.8) is 0 Å². The minimum Gasteiger partial charge on any atom is -0.345 e. The minimum atomic E-state index is -3.90. The largest absolute Gasteiger partial charge is 0.345 e. The Kier molecular flexibility index (Phi) is 10.6. The molecule has 4 rings (SSSR count). The van der Waals surface area contributed by atoms with Gasteiger partial charge in [0.15, 0.2) is 15.6 Å². The van der Waals surface area contributed by atoms with Gasteiger partial charge in [0.05, 0.1) is 22.9 Å². The molecule has 3 aliphatic carbocycles. The number of sulfone groups is 1. The van der Waals surface area contributed by atoms with E-state index in [4.69, 9.17) is 0 Å². The molecule has 4 amide bonds. The summed E-state index contributed by atoms with van der Waals surface area (Å²) < 4.78 is 25.7. The van der Waals surface area contributed by atoms with E-state index < -0.39 is 74.2 Å². The molecule has 0 aromatic heterocycles. The van der Waals surface area contributed by atoms with Gasteiger partial charge in [-0.15, -0.1) is 0 Å². The number of carbonyl (C=O) groups is 5. The zero-order chi connectivity index (χ0) is 36.0. The Bertz CT molecular complexity index is 1530. The van der Waals surface area contributed by atoms with E-state index in [-0.39, 0.29) is 40.3 Å². The third-order valence-corrected chi connectivity index (χ3v) is 12.0. The first-order valence-corrected chi connectivity index (χ1v) is 18.7. The highest BCUT2D eigenvalue weighted by Crippen LogP contribution is 2.71. The molecule has 266 valence electrons. The van der Waals surface area contributed by atoms with Crippen LogP contribution < -0.4 is 21.3 Å². The zero-order valence-electron chi connectivity index (χ0n) is 29.9. The fraction of sp³-hybridized carbons (Fsp3) is 0.694. The molecule has 0 heterocycles. The van der Waals surface area contributed by atoms with E-state index in [1.54, 1.807) is 12.1 Å². The lowest BCUT2D eigenvalue weighted by Crippen LogP contribution is -2.58. The van der Waals surface area contributed by atoms with E-state index >= 15 is 0 Å². The van der Waals surface area contributed by atoms with Crippen molar-refractivity contribution >= 4 is 39.2 Å². The summed E-state index contributed by atoms with van der Waals surface area (Å²) in [7, 11) is -3.90. The molecular formula is C36H54N4O7S. The molecule has 0 saturated heterocycles. The van der Waals surface area contributed by atoms with E-state index in [0.717, 1.165) is 24.8 Å². The maximum absolute atomic E-state index is 14.3. The number of hydrogen-bond acceptors (Lipinski definition) is 7. The van der Waals surface area contributed by atoms with Gasteiger partial charge >= 0.3 is 6.03 Å². The molecule has 4 unspecified atom stereocenters. The van der Waals surface area contributed by atoms with Gasteiger partial charge in [0.25, 0.3) is 5.91 Å². The Balaban J connectivity index is 1.52. The van der Waals surface area contributed by atoms with Gasteiger partial charge in [0.1, 0.15) is 5.88 Å². The molecule has 0 bridgehead atoms. The number of benzene rings is 1. The van der Waals surface area contributed by atoms with Crippen LogP contribution in [0.3, 0.4) is 0 Å². The van der Waals surface area contributed by atoms with Crippen LogP contribution in [0.15, 0.2) is 29.2 Å². The number of urea groups is 1. The van der Waals surface area contributed by atoms with Crippen molar-refractivity contribution in [2.24, 2.45) is 40.4 Å². The lowest BCUT2D eigenvalue weighted by Gasteiger charge is -2.36. The number of aryl methyl sites for hydroxylation is 1. The number of carbonyl (C=O) groups excluding carboxylic acids is 5. The predicted octanol–water partition coefficient (Wildman–Crippen LogP) is 4.08. The van der Waals surface area contributed by atoms with Crippen molar-refractivity contribution in [2.75, 3.05) is 5.88 Å². The summed E-state index contributed by atoms with van der Waals surface area (Å²) in [6.45, 7) is 17.1. The van der Waals surface area contributed by atoms with Gasteiger partial charge in [-0.3, -0.25) is 19.2 Å². The van der Waals surface area contributed by atoms with Gasteiger partial charge in [-0.05, 0) is 81.3 Å². The lowest BCUT2D eigenvalue weighted by atomic mass is 9.73. The standard InChI is InChI=1S/C36H54N4O7S/c1-20-13-15-22(16-14-20)48(46,47)19-37-32(44)29(42)25(17-21-11-10-12-21)38-31(43)26-23(18-24-27(26)36(24,8)9)28(41)30(34(2,3)4)39-33(45)40-35(5,6)7/h13-16,21,23-27,30H,10-12,17-19H2,1-9H3,(H,37,44)(H,38,43)(H2,39,40,45)/t23?,24?,25?,26-,27?,30+/m0/s1. The zero-order valence-corrected chi connectivity index (χ0v) is 30.7. The van der Waals surface area contributed by atoms with Crippen LogP contribution in [0.2, 0.25) is 0 Å². The van der Waals surface area contributed by atoms with Crippen LogP contribution in [0.5, 0.6) is 0 Å². The van der Waals surface area contributed by atoms with Crippen LogP contribution in [0.1, 0.15) is 93.1 Å². The smallest absolute Gasteiger partial charge is 0.315 e. The van der Waals surface area contributed by atoms with Crippen LogP contribution in [0.25, 0.3) is 0 Å². The molecule has 1 aromatic rings. The summed E-state index contributed by atoms with van der Waals surface area (Å²) in [5.74, 6) is -4.68. The summed E-state index contributed by atoms with van der Waals surface area (Å²) in [6, 6.07) is 3.70. The molecule has 0 radical (unpaired) electrons. The highest BCUT2D eigenvalue weighted by molar-refractivity contribution is 7.91. The van der Waals surface area contributed by atoms with Crippen LogP contribution in [0, 0.1) is 47.3 Å². The first kappa shape index (κ1) is 37.5. The van der Waals surface area contributed by atoms with Gasteiger partial charge in [-0.1, -0.05) is 71.6 Å². The third-order valence-electron chi connectivity index (χ3n) is 10.5. The van der Waals surface area contributed by atoms with Crippen molar-refractivity contribution in [2.45, 2.75) is 117 Å². The molecule has 1 aromatic carbocycles. The molecule has 0 spiro atoms. The topological polar surface area (TPSA) is 168 Å². The highest BCUT2D eigenvalue weighted by Gasteiger charge is 2.70. The number of rotatable bonds is 12. The molecule has 12 heteroatoms. The second-order valence-electron chi connectivity index (χ2n) is 16.9. The van der Waals surface area contributed by atoms with Gasteiger partial charge in [-0.25, -0.2) is 13.2 Å². The quantitative estimate of drug-likeness (QED) is 0.241. The molecule has 48 heavy (non-hydrogen) atoms. The fourth-order valence-corrected chi connectivity index (χ4v) is 8.53. The van der Waals surface area contributed by atoms with E-state index in [2.05, 4.69) is 35.1 Å². The number of hydrogen-bond donors (Lipinski definition) is 4. The Labute approximate surface area is 285 Å². The highest BCUT2D eigenvalue weighted by atomic mass is 32.2. The van der Waals surface area contributed by atoms with Gasteiger partial charge in [0, 0.05) is 11.5 Å². The van der Waals surface area contributed by atoms with Crippen molar-refractivity contribution in [3.05, 3.63) is 29.8 Å².